The van der Waals surface area contributed by atoms with Crippen molar-refractivity contribution in [1.29, 1.82) is 0 Å². The number of hydrogen-bond acceptors (Lipinski definition) is 0. The maximum absolute atomic E-state index is 0. The average Bonchev–Trinajstić information content (AvgIpc) is 0. The third-order valence-corrected chi connectivity index (χ3v) is 0. The predicted octanol–water partition coefficient (Wildman–Crippen LogP) is -3.24. The molecule has 0 saturated heterocycles. The summed E-state index contributed by atoms with van der Waals surface area (Å²) in [6.45, 7) is 0. The predicted molar refractivity (Wildman–Crippen MR) is 1.37 cm³/mol. The normalized spacial score (nSPS) is 0. The maximum atomic E-state index is 0. The first-order chi connectivity index (χ1) is 0. The van der Waals surface area contributed by atoms with Crippen LogP contribution in [0.25, 0.3) is 0 Å². The molecule has 0 aliphatic heterocycles. The Hall–Kier alpha value is 1.44. The Bertz CT molecular complexity index is 6.00. The molecule has 0 N–H and O–H groups in total. The molecule has 0 aromatic rings. The molecule has 0 aliphatic rings. The largest absolute Gasteiger partial charge is 3.00 e. The van der Waals surface area contributed by atoms with E-state index in [1.54, 1.807) is 0 Å². The fourth-order valence-corrected chi connectivity index (χ4v) is 0. The molecule has 0 aromatic heterocycles. The minimum Gasteiger partial charge on any atom is -2.00 e. The van der Waals surface area contributed by atoms with E-state index >= 15 is 0 Å². The van der Waals surface area contributed by atoms with Gasteiger partial charge in [0.25, 0.3) is 0 Å². The Morgan fingerprint density at radius 1 is 0.750 bits per heavy atom. The number of hydrogen-bond donors (Lipinski definition) is 0. The second-order valence-electron chi connectivity index (χ2n) is 0. The minimum atomic E-state index is 0. The van der Waals surface area contributed by atoms with E-state index in [1.165, 1.54) is 0 Å². The molecule has 4 heteroatoms. The van der Waals surface area contributed by atoms with Gasteiger partial charge < -0.3 is 11.0 Å². The molecule has 0 aromatic carbocycles. The molecular formula is MnNaO2. The van der Waals surface area contributed by atoms with Gasteiger partial charge in [-0.2, -0.15) is 0 Å². The fraction of sp³-hybridized carbons (Fsp3) is 0. The summed E-state index contributed by atoms with van der Waals surface area (Å²) in [6, 6.07) is 0. The molecule has 0 amide bonds. The van der Waals surface area contributed by atoms with E-state index in [2.05, 4.69) is 0 Å². The molecule has 0 bridgehead atoms. The monoisotopic (exact) mass is 110 g/mol. The van der Waals surface area contributed by atoms with Crippen LogP contribution in [0.5, 0.6) is 0 Å². The molecule has 0 atom stereocenters. The van der Waals surface area contributed by atoms with Gasteiger partial charge in [-0.3, -0.25) is 0 Å². The molecule has 0 radical (unpaired) electrons. The molecule has 0 fully saturated rings. The van der Waals surface area contributed by atoms with Crippen molar-refractivity contribution in [2.45, 2.75) is 0 Å². The molecule has 0 saturated carbocycles. The Balaban J connectivity index is 0. The first kappa shape index (κ1) is 51.7. The standard InChI is InChI=1S/Mn.Na.2O/q+3;+1;2*-2. The van der Waals surface area contributed by atoms with Gasteiger partial charge in [-0.25, -0.2) is 0 Å². The molecule has 0 rings (SSSR count). The van der Waals surface area contributed by atoms with Crippen LogP contribution in [0.4, 0.5) is 0 Å². The van der Waals surface area contributed by atoms with Crippen molar-refractivity contribution in [3.8, 4) is 0 Å². The Kier molecular flexibility index (Phi) is 328. The van der Waals surface area contributed by atoms with Crippen LogP contribution in [0.1, 0.15) is 0 Å². The van der Waals surface area contributed by atoms with Gasteiger partial charge in [0, 0.05) is 0 Å². The van der Waals surface area contributed by atoms with Crippen molar-refractivity contribution in [2.75, 3.05) is 0 Å². The molecular weight excluding hydrogens is 110 g/mol. The maximum Gasteiger partial charge on any atom is 3.00 e. The minimum absolute atomic E-state index is 0. The third kappa shape index (κ3) is 9.88. The van der Waals surface area contributed by atoms with Crippen LogP contribution < -0.4 is 29.6 Å². The zero-order valence-corrected chi connectivity index (χ0v) is 5.37. The Morgan fingerprint density at radius 3 is 0.750 bits per heavy atom. The molecule has 0 aliphatic carbocycles. The van der Waals surface area contributed by atoms with Gasteiger partial charge in [-0.1, -0.05) is 0 Å². The van der Waals surface area contributed by atoms with Gasteiger partial charge in [0.2, 0.25) is 0 Å². The van der Waals surface area contributed by atoms with Crippen LogP contribution >= 0.6 is 0 Å². The van der Waals surface area contributed by atoms with Gasteiger partial charge in [-0.15, -0.1) is 0 Å². The van der Waals surface area contributed by atoms with Crippen molar-refractivity contribution in [3.63, 3.8) is 0 Å². The Morgan fingerprint density at radius 2 is 0.750 bits per heavy atom. The summed E-state index contributed by atoms with van der Waals surface area (Å²) in [5.74, 6) is 0. The third-order valence-electron chi connectivity index (χ3n) is 0. The molecule has 0 heterocycles. The zero-order valence-electron chi connectivity index (χ0n) is 2.19. The van der Waals surface area contributed by atoms with Crippen LogP contribution in [0, 0.1) is 0 Å². The van der Waals surface area contributed by atoms with Crippen molar-refractivity contribution in [1.82, 2.24) is 0 Å². The van der Waals surface area contributed by atoms with Crippen LogP contribution in [0.2, 0.25) is 0 Å². The quantitative estimate of drug-likeness (QED) is 0.294. The van der Waals surface area contributed by atoms with Crippen molar-refractivity contribution < 1.29 is 57.6 Å². The van der Waals surface area contributed by atoms with Gasteiger partial charge in [0.1, 0.15) is 0 Å². The van der Waals surface area contributed by atoms with Crippen molar-refractivity contribution in [2.24, 2.45) is 0 Å². The van der Waals surface area contributed by atoms with E-state index in [-0.39, 0.29) is 57.6 Å². The van der Waals surface area contributed by atoms with Gasteiger partial charge >= 0.3 is 46.6 Å². The summed E-state index contributed by atoms with van der Waals surface area (Å²) in [4.78, 5) is 0. The average molecular weight is 110 g/mol. The molecule has 0 unspecified atom stereocenters. The van der Waals surface area contributed by atoms with E-state index in [0.717, 1.165) is 0 Å². The van der Waals surface area contributed by atoms with Gasteiger partial charge in [0.15, 0.2) is 0 Å². The fourth-order valence-electron chi connectivity index (χ4n) is 0. The summed E-state index contributed by atoms with van der Waals surface area (Å²) >= 11 is 0. The van der Waals surface area contributed by atoms with Crippen LogP contribution in [-0.2, 0) is 28.0 Å². The second kappa shape index (κ2) is 25.3. The number of rotatable bonds is 0. The Labute approximate surface area is 57.3 Å². The van der Waals surface area contributed by atoms with Crippen LogP contribution in [0.3, 0.4) is 0 Å². The van der Waals surface area contributed by atoms with Gasteiger partial charge in [0.05, 0.1) is 0 Å². The second-order valence-corrected chi connectivity index (χ2v) is 0. The molecule has 0 spiro atoms. The van der Waals surface area contributed by atoms with E-state index in [9.17, 15) is 0 Å². The molecule has 2 nitrogen and oxygen atoms in total. The first-order valence-corrected chi connectivity index (χ1v) is 0. The van der Waals surface area contributed by atoms with Crippen LogP contribution in [0.15, 0.2) is 0 Å². The SMILES string of the molecule is [Mn+3].[Na+].[O-2].[O-2]. The van der Waals surface area contributed by atoms with Crippen LogP contribution in [-0.4, -0.2) is 0 Å². The van der Waals surface area contributed by atoms with Gasteiger partial charge in [-0.05, 0) is 0 Å². The van der Waals surface area contributed by atoms with E-state index in [0.29, 0.717) is 0 Å². The first-order valence-electron chi connectivity index (χ1n) is 0. The van der Waals surface area contributed by atoms with Crippen molar-refractivity contribution in [3.05, 3.63) is 0 Å². The smallest absolute Gasteiger partial charge is 2.00 e. The summed E-state index contributed by atoms with van der Waals surface area (Å²) in [5.41, 5.74) is 0. The molecule has 4 heavy (non-hydrogen) atoms. The summed E-state index contributed by atoms with van der Waals surface area (Å²) in [5, 5.41) is 0. The summed E-state index contributed by atoms with van der Waals surface area (Å²) in [6.07, 6.45) is 0. The van der Waals surface area contributed by atoms with E-state index in [4.69, 9.17) is 0 Å². The zero-order chi connectivity index (χ0) is 0. The van der Waals surface area contributed by atoms with E-state index in [1.807, 2.05) is 0 Å². The molecule has 20 valence electrons. The summed E-state index contributed by atoms with van der Waals surface area (Å²) < 4.78 is 0. The van der Waals surface area contributed by atoms with E-state index < -0.39 is 0 Å². The van der Waals surface area contributed by atoms with Crippen molar-refractivity contribution >= 4 is 0 Å². The summed E-state index contributed by atoms with van der Waals surface area (Å²) in [7, 11) is 0. The topological polar surface area (TPSA) is 57.0 Å².